The van der Waals surface area contributed by atoms with E-state index in [0.29, 0.717) is 0 Å². The van der Waals surface area contributed by atoms with Gasteiger partial charge in [0.2, 0.25) is 0 Å². The van der Waals surface area contributed by atoms with E-state index in [2.05, 4.69) is 431 Å². The van der Waals surface area contributed by atoms with Gasteiger partial charge in [0.25, 0.3) is 0 Å². The van der Waals surface area contributed by atoms with Gasteiger partial charge >= 0.3 is 0 Å². The van der Waals surface area contributed by atoms with Crippen LogP contribution in [0, 0.1) is 0 Å². The van der Waals surface area contributed by atoms with E-state index in [1.54, 1.807) is 0 Å². The predicted molar refractivity (Wildman–Crippen MR) is 537 cm³/mol. The number of fused-ring (bicyclic) bond motifs is 30. The molecule has 0 amide bonds. The number of thiophene rings is 5. The molecule has 0 radical (unpaired) electrons. The van der Waals surface area contributed by atoms with Gasteiger partial charge in [-0.3, -0.25) is 0 Å². The Bertz CT molecular complexity index is 9200. The number of nitrogens with zero attached hydrogens (tertiary/aromatic N) is 4. The number of aromatic nitrogens is 4. The van der Waals surface area contributed by atoms with Gasteiger partial charge < -0.3 is 18.3 Å². The molecule has 0 fully saturated rings. The van der Waals surface area contributed by atoms with Crippen molar-refractivity contribution in [2.45, 2.75) is 0 Å². The fourth-order valence-corrected chi connectivity index (χ4v) is 26.3. The van der Waals surface area contributed by atoms with Crippen molar-refractivity contribution in [1.82, 2.24) is 18.3 Å². The second-order valence-corrected chi connectivity index (χ2v) is 37.2. The molecule has 28 rings (SSSR count). The standard InChI is InChI=1S/C42H26N2S.2C36H21NS2/c1-3-14-27(15-4-1)43-35-22-10-7-19-31(35)39-30(21-13-24-37(39)43)33-26-34-29-18-9-12-25-38(29)45-42(34)41-40(33)32-20-8-11-23-36(32)44(41)28-16-5-2-6-17-28;1-2-11-22(12-3-1)37-30-18-7-4-13-23(30)29-21-28(33-27-15-6-9-20-32(27)39-36(33)34(29)37)26-17-10-16-25-24-14-5-8-19-31(24)38-35(25)26;1-2-10-23(11-3-1)37-30-15-7-4-12-24(30)29-21-28(34-27-14-6-9-17-32(27)39-36(34)35(29)37)22-18-19-26-25-13-5-8-16-31(25)38-33(26)20-22/h1-26H;2*1-21H. The first kappa shape index (κ1) is 70.3. The Hall–Kier alpha value is -14.5. The van der Waals surface area contributed by atoms with Crippen molar-refractivity contribution in [3.63, 3.8) is 0 Å². The minimum Gasteiger partial charge on any atom is -0.309 e. The average molecular weight is 1650 g/mol. The SMILES string of the molecule is c1ccc(-n2c3ccccc3c3c(-c4cc5c6ccccc6sc5c5c4c4ccccc4n5-c4ccccc4)cccc32)cc1.c1ccc(-n2c3ccccc3c3cc(-c4ccc5c(c4)sc4ccccc45)c4c5ccccc5sc4c32)cc1.c1ccc(-n2c3ccccc3c3cc(-c4cccc5c4sc4ccccc45)c4c5ccccc5sc4c32)cc1. The van der Waals surface area contributed by atoms with Crippen LogP contribution in [0.25, 0.3) is 244 Å². The van der Waals surface area contributed by atoms with Gasteiger partial charge in [-0.15, -0.1) is 56.7 Å². The number of hydrogen-bond acceptors (Lipinski definition) is 5. The zero-order valence-electron chi connectivity index (χ0n) is 66.1. The highest BCUT2D eigenvalue weighted by molar-refractivity contribution is 7.28. The van der Waals surface area contributed by atoms with Gasteiger partial charge in [-0.25, -0.2) is 0 Å². The van der Waals surface area contributed by atoms with Crippen molar-refractivity contribution in [2.75, 3.05) is 0 Å². The van der Waals surface area contributed by atoms with E-state index in [1.807, 2.05) is 56.7 Å². The molecule has 0 aliphatic heterocycles. The van der Waals surface area contributed by atoms with Crippen LogP contribution < -0.4 is 0 Å². The molecule has 0 atom stereocenters. The fraction of sp³-hybridized carbons (Fsp3) is 0. The van der Waals surface area contributed by atoms with E-state index in [-0.39, 0.29) is 0 Å². The first-order chi connectivity index (χ1) is 61.1. The second kappa shape index (κ2) is 28.0. The summed E-state index contributed by atoms with van der Waals surface area (Å²) in [6.45, 7) is 0. The van der Waals surface area contributed by atoms with Crippen LogP contribution in [0.3, 0.4) is 0 Å². The fourth-order valence-electron chi connectivity index (χ4n) is 20.1. The van der Waals surface area contributed by atoms with E-state index >= 15 is 0 Å². The Morgan fingerprint density at radius 3 is 1.02 bits per heavy atom. The van der Waals surface area contributed by atoms with Crippen LogP contribution in [0.4, 0.5) is 0 Å². The summed E-state index contributed by atoms with van der Waals surface area (Å²) in [5, 5.41) is 23.7. The van der Waals surface area contributed by atoms with E-state index < -0.39 is 0 Å². The Morgan fingerprint density at radius 2 is 0.480 bits per heavy atom. The Balaban J connectivity index is 0.0000000993. The first-order valence-electron chi connectivity index (χ1n) is 41.8. The quantitative estimate of drug-likeness (QED) is 0.152. The summed E-state index contributed by atoms with van der Waals surface area (Å²) in [6, 6.07) is 151. The molecule has 4 nitrogen and oxygen atoms in total. The monoisotopic (exact) mass is 1650 g/mol. The highest BCUT2D eigenvalue weighted by Gasteiger charge is 2.28. The van der Waals surface area contributed by atoms with E-state index in [4.69, 9.17) is 0 Å². The maximum atomic E-state index is 2.49. The van der Waals surface area contributed by atoms with Gasteiger partial charge in [0.15, 0.2) is 0 Å². The smallest absolute Gasteiger partial charge is 0.0726 e. The third kappa shape index (κ3) is 10.8. The molecule has 9 heteroatoms. The first-order valence-corrected chi connectivity index (χ1v) is 45.9. The summed E-state index contributed by atoms with van der Waals surface area (Å²) in [6.07, 6.45) is 0. The molecule has 574 valence electrons. The van der Waals surface area contributed by atoms with Gasteiger partial charge in [-0.2, -0.15) is 0 Å². The lowest BCUT2D eigenvalue weighted by atomic mass is 9.93. The summed E-state index contributed by atoms with van der Waals surface area (Å²) in [5.74, 6) is 0. The highest BCUT2D eigenvalue weighted by Crippen LogP contribution is 2.55. The van der Waals surface area contributed by atoms with Crippen molar-refractivity contribution in [2.24, 2.45) is 0 Å². The molecule has 123 heavy (non-hydrogen) atoms. The van der Waals surface area contributed by atoms with E-state index in [9.17, 15) is 0 Å². The lowest BCUT2D eigenvalue weighted by molar-refractivity contribution is 1.18. The molecule has 9 heterocycles. The summed E-state index contributed by atoms with van der Waals surface area (Å²) in [4.78, 5) is 0. The van der Waals surface area contributed by atoms with Crippen LogP contribution in [0.5, 0.6) is 0 Å². The molecule has 19 aromatic carbocycles. The molecular formula is C114H68N4S5. The van der Waals surface area contributed by atoms with Crippen LogP contribution in [0.2, 0.25) is 0 Å². The highest BCUT2D eigenvalue weighted by atomic mass is 32.1. The maximum absolute atomic E-state index is 2.49. The topological polar surface area (TPSA) is 19.7 Å². The number of benzene rings is 19. The Kier molecular flexibility index (Phi) is 16.0. The largest absolute Gasteiger partial charge is 0.309 e. The van der Waals surface area contributed by atoms with Crippen LogP contribution >= 0.6 is 56.7 Å². The van der Waals surface area contributed by atoms with Crippen LogP contribution in [-0.2, 0) is 0 Å². The van der Waals surface area contributed by atoms with Gasteiger partial charge in [0, 0.05) is 158 Å². The van der Waals surface area contributed by atoms with E-state index in [0.717, 1.165) is 0 Å². The molecule has 0 aliphatic carbocycles. The lowest BCUT2D eigenvalue weighted by Gasteiger charge is -2.12. The van der Waals surface area contributed by atoms with Crippen molar-refractivity contribution in [1.29, 1.82) is 0 Å². The summed E-state index contributed by atoms with van der Waals surface area (Å²) in [7, 11) is 0. The molecular weight excluding hydrogens is 1590 g/mol. The van der Waals surface area contributed by atoms with Gasteiger partial charge in [-0.1, -0.05) is 279 Å². The molecule has 9 aromatic heterocycles. The van der Waals surface area contributed by atoms with Gasteiger partial charge in [0.1, 0.15) is 0 Å². The molecule has 0 spiro atoms. The van der Waals surface area contributed by atoms with Crippen molar-refractivity contribution >= 4 is 245 Å². The number of para-hydroxylation sites is 8. The van der Waals surface area contributed by atoms with Crippen molar-refractivity contribution in [3.05, 3.63) is 413 Å². The molecule has 0 bridgehead atoms. The lowest BCUT2D eigenvalue weighted by Crippen LogP contribution is -1.94. The Morgan fingerprint density at radius 1 is 0.146 bits per heavy atom. The molecule has 0 saturated heterocycles. The average Bonchev–Trinajstić information content (AvgIpc) is 1.53. The molecule has 0 saturated carbocycles. The number of hydrogen-bond donors (Lipinski definition) is 0. The van der Waals surface area contributed by atoms with Crippen molar-refractivity contribution in [3.8, 4) is 56.1 Å². The minimum absolute atomic E-state index is 1.17. The molecule has 28 aromatic rings. The third-order valence-electron chi connectivity index (χ3n) is 25.3. The predicted octanol–water partition coefficient (Wildman–Crippen LogP) is 34.3. The summed E-state index contributed by atoms with van der Waals surface area (Å²) in [5.41, 5.74) is 22.5. The second-order valence-electron chi connectivity index (χ2n) is 31.9. The Labute approximate surface area is 725 Å². The maximum Gasteiger partial charge on any atom is 0.0726 e. The van der Waals surface area contributed by atoms with E-state index in [1.165, 1.54) is 244 Å². The molecule has 0 unspecified atom stereocenters. The van der Waals surface area contributed by atoms with Crippen LogP contribution in [-0.4, -0.2) is 18.3 Å². The molecule has 0 aliphatic rings. The van der Waals surface area contributed by atoms with Crippen molar-refractivity contribution < 1.29 is 0 Å². The number of rotatable bonds is 7. The zero-order valence-corrected chi connectivity index (χ0v) is 70.2. The van der Waals surface area contributed by atoms with Gasteiger partial charge in [-0.05, 0) is 161 Å². The van der Waals surface area contributed by atoms with Gasteiger partial charge in [0.05, 0.1) is 58.2 Å². The minimum atomic E-state index is 1.17. The van der Waals surface area contributed by atoms with Crippen LogP contribution in [0.1, 0.15) is 0 Å². The third-order valence-corrected chi connectivity index (χ3v) is 31.2. The zero-order chi connectivity index (χ0) is 80.5. The summed E-state index contributed by atoms with van der Waals surface area (Å²) >= 11 is 9.53. The normalized spacial score (nSPS) is 12.1. The summed E-state index contributed by atoms with van der Waals surface area (Å²) < 4.78 is 23.2. The van der Waals surface area contributed by atoms with Crippen LogP contribution in [0.15, 0.2) is 413 Å². The molecule has 0 N–H and O–H groups in total.